The topological polar surface area (TPSA) is 53.0 Å². The molecule has 2 aliphatic rings. The first-order chi connectivity index (χ1) is 13.8. The van der Waals surface area contributed by atoms with Gasteiger partial charge in [0.1, 0.15) is 5.82 Å². The first kappa shape index (κ1) is 18.7. The molecule has 0 atom stereocenters. The van der Waals surface area contributed by atoms with Gasteiger partial charge in [-0.2, -0.15) is 5.10 Å². The van der Waals surface area contributed by atoms with Gasteiger partial charge < -0.3 is 14.5 Å². The average molecular weight is 380 g/mol. The van der Waals surface area contributed by atoms with Crippen molar-refractivity contribution in [1.82, 2.24) is 4.98 Å². The number of nitrogens with one attached hydrogen (secondary N) is 1. The normalized spacial score (nSPS) is 17.9. The molecule has 0 aliphatic carbocycles. The summed E-state index contributed by atoms with van der Waals surface area (Å²) in [7, 11) is 0. The molecule has 148 valence electrons. The van der Waals surface area contributed by atoms with E-state index in [-0.39, 0.29) is 0 Å². The van der Waals surface area contributed by atoms with E-state index in [0.29, 0.717) is 0 Å². The molecule has 2 aliphatic heterocycles. The van der Waals surface area contributed by atoms with Gasteiger partial charge in [-0.3, -0.25) is 5.43 Å². The zero-order chi connectivity index (χ0) is 19.2. The summed E-state index contributed by atoms with van der Waals surface area (Å²) in [5.74, 6) is 1.82. The molecule has 4 rings (SSSR count). The molecule has 6 heteroatoms. The third kappa shape index (κ3) is 4.81. The van der Waals surface area contributed by atoms with Crippen molar-refractivity contribution in [3.05, 3.63) is 47.5 Å². The van der Waals surface area contributed by atoms with Gasteiger partial charge in [0.2, 0.25) is 0 Å². The highest BCUT2D eigenvalue weighted by Crippen LogP contribution is 2.27. The smallest absolute Gasteiger partial charge is 0.150 e. The van der Waals surface area contributed by atoms with Crippen LogP contribution in [-0.4, -0.2) is 50.6 Å². The van der Waals surface area contributed by atoms with Crippen molar-refractivity contribution in [3.8, 4) is 0 Å². The molecule has 0 unspecified atom stereocenters. The van der Waals surface area contributed by atoms with E-state index in [9.17, 15) is 0 Å². The molecule has 0 bridgehead atoms. The van der Waals surface area contributed by atoms with E-state index < -0.39 is 0 Å². The lowest BCUT2D eigenvalue weighted by Crippen LogP contribution is -2.36. The lowest BCUT2D eigenvalue weighted by molar-refractivity contribution is 0.122. The number of hydrogen-bond acceptors (Lipinski definition) is 6. The molecule has 0 amide bonds. The van der Waals surface area contributed by atoms with E-state index in [1.54, 1.807) is 0 Å². The van der Waals surface area contributed by atoms with Crippen LogP contribution in [0, 0.1) is 6.92 Å². The molecule has 2 saturated heterocycles. The zero-order valence-electron chi connectivity index (χ0n) is 16.6. The van der Waals surface area contributed by atoms with Crippen molar-refractivity contribution >= 4 is 23.5 Å². The number of benzene rings is 1. The van der Waals surface area contributed by atoms with Gasteiger partial charge in [0.15, 0.2) is 5.82 Å². The SMILES string of the molecule is Cc1cccc(C=NNc2cc(N3CCOCC3)cc(N3CCCCC3)n2)c1. The van der Waals surface area contributed by atoms with Crippen molar-refractivity contribution in [1.29, 1.82) is 0 Å². The van der Waals surface area contributed by atoms with E-state index in [0.717, 1.165) is 56.6 Å². The molecule has 0 saturated carbocycles. The van der Waals surface area contributed by atoms with Crippen LogP contribution in [0.3, 0.4) is 0 Å². The van der Waals surface area contributed by atoms with E-state index in [1.165, 1.54) is 30.5 Å². The molecule has 1 aromatic heterocycles. The predicted molar refractivity (Wildman–Crippen MR) is 116 cm³/mol. The van der Waals surface area contributed by atoms with E-state index in [1.807, 2.05) is 12.3 Å². The summed E-state index contributed by atoms with van der Waals surface area (Å²) in [6, 6.07) is 12.6. The first-order valence-corrected chi connectivity index (χ1v) is 10.2. The number of rotatable bonds is 5. The molecule has 28 heavy (non-hydrogen) atoms. The molecule has 2 aromatic rings. The average Bonchev–Trinajstić information content (AvgIpc) is 2.75. The Bertz CT molecular complexity index is 774. The Kier molecular flexibility index (Phi) is 6.07. The summed E-state index contributed by atoms with van der Waals surface area (Å²) in [5.41, 5.74) is 6.64. The highest BCUT2D eigenvalue weighted by Gasteiger charge is 2.17. The number of aromatic nitrogens is 1. The minimum absolute atomic E-state index is 0.773. The molecule has 2 fully saturated rings. The lowest BCUT2D eigenvalue weighted by Gasteiger charge is -2.32. The molecule has 1 aromatic carbocycles. The molecule has 3 heterocycles. The monoisotopic (exact) mass is 379 g/mol. The van der Waals surface area contributed by atoms with Crippen LogP contribution in [0.15, 0.2) is 41.5 Å². The van der Waals surface area contributed by atoms with Crippen LogP contribution in [-0.2, 0) is 4.74 Å². The fourth-order valence-corrected chi connectivity index (χ4v) is 3.77. The highest BCUT2D eigenvalue weighted by molar-refractivity contribution is 5.80. The van der Waals surface area contributed by atoms with Crippen LogP contribution in [0.1, 0.15) is 30.4 Å². The fourth-order valence-electron chi connectivity index (χ4n) is 3.77. The van der Waals surface area contributed by atoms with Crippen molar-refractivity contribution in [2.45, 2.75) is 26.2 Å². The van der Waals surface area contributed by atoms with Crippen LogP contribution in [0.4, 0.5) is 17.3 Å². The Balaban J connectivity index is 1.55. The number of nitrogens with zero attached hydrogens (tertiary/aromatic N) is 4. The van der Waals surface area contributed by atoms with E-state index in [2.05, 4.69) is 57.6 Å². The van der Waals surface area contributed by atoms with Gasteiger partial charge in [-0.1, -0.05) is 29.8 Å². The maximum absolute atomic E-state index is 5.51. The molecule has 0 spiro atoms. The van der Waals surface area contributed by atoms with Crippen LogP contribution in [0.5, 0.6) is 0 Å². The second-order valence-electron chi connectivity index (χ2n) is 7.50. The minimum Gasteiger partial charge on any atom is -0.378 e. The van der Waals surface area contributed by atoms with Gasteiger partial charge in [0.25, 0.3) is 0 Å². The van der Waals surface area contributed by atoms with Crippen LogP contribution < -0.4 is 15.2 Å². The highest BCUT2D eigenvalue weighted by atomic mass is 16.5. The summed E-state index contributed by atoms with van der Waals surface area (Å²) in [5, 5.41) is 4.43. The van der Waals surface area contributed by atoms with E-state index >= 15 is 0 Å². The lowest BCUT2D eigenvalue weighted by atomic mass is 10.1. The van der Waals surface area contributed by atoms with Crippen LogP contribution in [0.25, 0.3) is 0 Å². The number of pyridine rings is 1. The number of ether oxygens (including phenoxy) is 1. The number of hydrogen-bond donors (Lipinski definition) is 1. The Morgan fingerprint density at radius 2 is 1.82 bits per heavy atom. The quantitative estimate of drug-likeness (QED) is 0.635. The van der Waals surface area contributed by atoms with Gasteiger partial charge in [0.05, 0.1) is 19.4 Å². The standard InChI is InChI=1S/C22H29N5O/c1-18-6-5-7-19(14-18)17-23-25-21-15-20(26-10-12-28-13-11-26)16-22(24-21)27-8-3-2-4-9-27/h5-7,14-17H,2-4,8-13H2,1H3,(H,24,25). The Morgan fingerprint density at radius 3 is 2.61 bits per heavy atom. The first-order valence-electron chi connectivity index (χ1n) is 10.2. The number of morpholine rings is 1. The summed E-state index contributed by atoms with van der Waals surface area (Å²) in [4.78, 5) is 9.60. The number of piperidine rings is 1. The van der Waals surface area contributed by atoms with Gasteiger partial charge in [0, 0.05) is 44.0 Å². The maximum Gasteiger partial charge on any atom is 0.150 e. The second kappa shape index (κ2) is 9.06. The van der Waals surface area contributed by atoms with Gasteiger partial charge >= 0.3 is 0 Å². The molecule has 0 radical (unpaired) electrons. The molecule has 6 nitrogen and oxygen atoms in total. The van der Waals surface area contributed by atoms with Gasteiger partial charge in [-0.05, 0) is 31.7 Å². The minimum atomic E-state index is 0.773. The second-order valence-corrected chi connectivity index (χ2v) is 7.50. The Morgan fingerprint density at radius 1 is 1.00 bits per heavy atom. The van der Waals surface area contributed by atoms with E-state index in [4.69, 9.17) is 9.72 Å². The van der Waals surface area contributed by atoms with Crippen molar-refractivity contribution in [2.75, 3.05) is 54.6 Å². The Hall–Kier alpha value is -2.60. The summed E-state index contributed by atoms with van der Waals surface area (Å²) >= 11 is 0. The zero-order valence-corrected chi connectivity index (χ0v) is 16.6. The molecular weight excluding hydrogens is 350 g/mol. The summed E-state index contributed by atoms with van der Waals surface area (Å²) in [6.45, 7) is 7.61. The van der Waals surface area contributed by atoms with Gasteiger partial charge in [-0.25, -0.2) is 4.98 Å². The van der Waals surface area contributed by atoms with Crippen molar-refractivity contribution in [3.63, 3.8) is 0 Å². The summed E-state index contributed by atoms with van der Waals surface area (Å²) < 4.78 is 5.51. The third-order valence-corrected chi connectivity index (χ3v) is 5.29. The van der Waals surface area contributed by atoms with Crippen LogP contribution >= 0.6 is 0 Å². The Labute approximate surface area is 167 Å². The predicted octanol–water partition coefficient (Wildman–Crippen LogP) is 3.66. The molecular formula is C22H29N5O. The van der Waals surface area contributed by atoms with Gasteiger partial charge in [-0.15, -0.1) is 0 Å². The third-order valence-electron chi connectivity index (χ3n) is 5.29. The molecule has 1 N–H and O–H groups in total. The fraction of sp³-hybridized carbons (Fsp3) is 0.455. The largest absolute Gasteiger partial charge is 0.378 e. The van der Waals surface area contributed by atoms with Crippen molar-refractivity contribution < 1.29 is 4.74 Å². The number of aryl methyl sites for hydroxylation is 1. The summed E-state index contributed by atoms with van der Waals surface area (Å²) in [6.07, 6.45) is 5.62. The number of anilines is 3. The maximum atomic E-state index is 5.51. The number of hydrazone groups is 1. The van der Waals surface area contributed by atoms with Crippen LogP contribution in [0.2, 0.25) is 0 Å². The van der Waals surface area contributed by atoms with Crippen molar-refractivity contribution in [2.24, 2.45) is 5.10 Å².